The number of pyridine rings is 1. The van der Waals surface area contributed by atoms with Crippen LogP contribution in [0.3, 0.4) is 0 Å². The fourth-order valence-electron chi connectivity index (χ4n) is 3.07. The molecule has 0 saturated heterocycles. The second-order valence-electron chi connectivity index (χ2n) is 5.89. The summed E-state index contributed by atoms with van der Waals surface area (Å²) in [7, 11) is 0. The number of aryl methyl sites for hydroxylation is 1. The highest BCUT2D eigenvalue weighted by atomic mass is 15.1. The fourth-order valence-corrected chi connectivity index (χ4v) is 3.07. The molecule has 0 amide bonds. The largest absolute Gasteiger partial charge is 0.294 e. The number of nitrogens with zero attached hydrogens (tertiary/aromatic N) is 4. The highest BCUT2D eigenvalue weighted by molar-refractivity contribution is 5.78. The first-order chi connectivity index (χ1) is 10.8. The third-order valence-corrected chi connectivity index (χ3v) is 4.19. The predicted octanol–water partition coefficient (Wildman–Crippen LogP) is 2.89. The Bertz CT molecular complexity index is 828. The van der Waals surface area contributed by atoms with E-state index >= 15 is 0 Å². The molecule has 22 heavy (non-hydrogen) atoms. The monoisotopic (exact) mass is 290 g/mol. The minimum absolute atomic E-state index is 0.867. The molecule has 2 aromatic heterocycles. The maximum absolute atomic E-state index is 4.55. The lowest BCUT2D eigenvalue weighted by atomic mass is 10.1. The highest BCUT2D eigenvalue weighted by Gasteiger charge is 2.18. The van der Waals surface area contributed by atoms with Gasteiger partial charge >= 0.3 is 0 Å². The molecule has 1 aliphatic heterocycles. The minimum atomic E-state index is 0.867. The first kappa shape index (κ1) is 13.3. The molecule has 0 bridgehead atoms. The first-order valence-electron chi connectivity index (χ1n) is 7.65. The molecular formula is C18H18N4. The van der Waals surface area contributed by atoms with Gasteiger partial charge in [-0.15, -0.1) is 0 Å². The third-order valence-electron chi connectivity index (χ3n) is 4.19. The van der Waals surface area contributed by atoms with Crippen LogP contribution in [-0.2, 0) is 19.5 Å². The fraction of sp³-hybridized carbons (Fsp3) is 0.278. The molecule has 3 heterocycles. The van der Waals surface area contributed by atoms with E-state index < -0.39 is 0 Å². The van der Waals surface area contributed by atoms with E-state index in [1.807, 2.05) is 25.4 Å². The van der Waals surface area contributed by atoms with Gasteiger partial charge in [-0.2, -0.15) is 0 Å². The Labute approximate surface area is 129 Å². The van der Waals surface area contributed by atoms with Gasteiger partial charge in [0, 0.05) is 55.1 Å². The molecule has 0 spiro atoms. The summed E-state index contributed by atoms with van der Waals surface area (Å²) in [6, 6.07) is 10.5. The summed E-state index contributed by atoms with van der Waals surface area (Å²) < 4.78 is 0. The zero-order valence-electron chi connectivity index (χ0n) is 12.7. The van der Waals surface area contributed by atoms with Crippen LogP contribution in [0.25, 0.3) is 10.9 Å². The van der Waals surface area contributed by atoms with Crippen LogP contribution < -0.4 is 0 Å². The minimum Gasteiger partial charge on any atom is -0.294 e. The van der Waals surface area contributed by atoms with Gasteiger partial charge in [-0.25, -0.2) is 9.97 Å². The summed E-state index contributed by atoms with van der Waals surface area (Å²) in [5.74, 6) is 0.867. The Balaban J connectivity index is 1.54. The van der Waals surface area contributed by atoms with Crippen molar-refractivity contribution >= 4 is 10.9 Å². The van der Waals surface area contributed by atoms with Crippen LogP contribution in [0.5, 0.6) is 0 Å². The number of fused-ring (bicyclic) bond motifs is 2. The van der Waals surface area contributed by atoms with Gasteiger partial charge < -0.3 is 0 Å². The maximum Gasteiger partial charge on any atom is 0.125 e. The van der Waals surface area contributed by atoms with Crippen LogP contribution in [0, 0.1) is 6.92 Å². The van der Waals surface area contributed by atoms with Crippen molar-refractivity contribution in [3.05, 3.63) is 65.4 Å². The van der Waals surface area contributed by atoms with Gasteiger partial charge in [0.15, 0.2) is 0 Å². The Morgan fingerprint density at radius 2 is 2.05 bits per heavy atom. The smallest absolute Gasteiger partial charge is 0.125 e. The maximum atomic E-state index is 4.55. The van der Waals surface area contributed by atoms with Crippen molar-refractivity contribution in [2.75, 3.05) is 6.54 Å². The normalized spacial score (nSPS) is 15.0. The SMILES string of the molecule is Cc1ncc2c(n1)CCN(Cc1cnc3ccccc3c1)C2. The summed E-state index contributed by atoms with van der Waals surface area (Å²) >= 11 is 0. The van der Waals surface area contributed by atoms with E-state index in [4.69, 9.17) is 0 Å². The molecule has 1 aliphatic rings. The number of hydrogen-bond donors (Lipinski definition) is 0. The summed E-state index contributed by atoms with van der Waals surface area (Å²) in [5.41, 5.74) is 4.78. The summed E-state index contributed by atoms with van der Waals surface area (Å²) in [6.07, 6.45) is 4.96. The van der Waals surface area contributed by atoms with E-state index in [1.165, 1.54) is 22.2 Å². The second-order valence-corrected chi connectivity index (χ2v) is 5.89. The molecule has 1 aromatic carbocycles. The van der Waals surface area contributed by atoms with Crippen LogP contribution in [-0.4, -0.2) is 26.4 Å². The van der Waals surface area contributed by atoms with Crippen molar-refractivity contribution < 1.29 is 0 Å². The Kier molecular flexibility index (Phi) is 3.31. The molecule has 0 fully saturated rings. The van der Waals surface area contributed by atoms with Crippen molar-refractivity contribution in [2.24, 2.45) is 0 Å². The van der Waals surface area contributed by atoms with Gasteiger partial charge in [0.1, 0.15) is 5.82 Å². The molecular weight excluding hydrogens is 272 g/mol. The number of aromatic nitrogens is 3. The van der Waals surface area contributed by atoms with Gasteiger partial charge in [-0.3, -0.25) is 9.88 Å². The molecule has 110 valence electrons. The Morgan fingerprint density at radius 3 is 3.00 bits per heavy atom. The van der Waals surface area contributed by atoms with Crippen molar-refractivity contribution in [1.82, 2.24) is 19.9 Å². The molecule has 0 N–H and O–H groups in total. The van der Waals surface area contributed by atoms with Gasteiger partial charge in [0.2, 0.25) is 0 Å². The Morgan fingerprint density at radius 1 is 1.14 bits per heavy atom. The molecule has 0 saturated carbocycles. The number of rotatable bonds is 2. The zero-order chi connectivity index (χ0) is 14.9. The average molecular weight is 290 g/mol. The molecule has 0 unspecified atom stereocenters. The van der Waals surface area contributed by atoms with E-state index in [2.05, 4.69) is 44.1 Å². The zero-order valence-corrected chi connectivity index (χ0v) is 12.7. The van der Waals surface area contributed by atoms with E-state index in [-0.39, 0.29) is 0 Å². The quantitative estimate of drug-likeness (QED) is 0.728. The van der Waals surface area contributed by atoms with Crippen LogP contribution in [0.4, 0.5) is 0 Å². The van der Waals surface area contributed by atoms with Crippen molar-refractivity contribution in [3.63, 3.8) is 0 Å². The van der Waals surface area contributed by atoms with Gasteiger partial charge in [0.05, 0.1) is 5.52 Å². The van der Waals surface area contributed by atoms with Crippen molar-refractivity contribution in [1.29, 1.82) is 0 Å². The second kappa shape index (κ2) is 5.46. The van der Waals surface area contributed by atoms with Crippen LogP contribution in [0.2, 0.25) is 0 Å². The summed E-state index contributed by atoms with van der Waals surface area (Å²) in [5, 5.41) is 1.20. The number of para-hydroxylation sites is 1. The van der Waals surface area contributed by atoms with Gasteiger partial charge in [-0.05, 0) is 24.6 Å². The third kappa shape index (κ3) is 2.57. The number of benzene rings is 1. The van der Waals surface area contributed by atoms with E-state index in [0.29, 0.717) is 0 Å². The standard InChI is InChI=1S/C18H18N4/c1-13-19-10-16-12-22(7-6-18(16)21-13)11-14-8-15-4-2-3-5-17(15)20-9-14/h2-5,8-10H,6-7,11-12H2,1H3. The topological polar surface area (TPSA) is 41.9 Å². The van der Waals surface area contributed by atoms with Crippen LogP contribution in [0.1, 0.15) is 22.6 Å². The lowest BCUT2D eigenvalue weighted by Gasteiger charge is -2.27. The van der Waals surface area contributed by atoms with Gasteiger partial charge in [-0.1, -0.05) is 18.2 Å². The number of hydrogen-bond acceptors (Lipinski definition) is 4. The van der Waals surface area contributed by atoms with Crippen molar-refractivity contribution in [2.45, 2.75) is 26.4 Å². The molecule has 3 aromatic rings. The lowest BCUT2D eigenvalue weighted by Crippen LogP contribution is -2.31. The highest BCUT2D eigenvalue weighted by Crippen LogP contribution is 2.20. The van der Waals surface area contributed by atoms with E-state index in [1.54, 1.807) is 0 Å². The van der Waals surface area contributed by atoms with Crippen LogP contribution >= 0.6 is 0 Å². The molecule has 4 heteroatoms. The first-order valence-corrected chi connectivity index (χ1v) is 7.65. The average Bonchev–Trinajstić information content (AvgIpc) is 2.55. The van der Waals surface area contributed by atoms with E-state index in [9.17, 15) is 0 Å². The molecule has 4 nitrogen and oxygen atoms in total. The molecule has 0 aliphatic carbocycles. The van der Waals surface area contributed by atoms with E-state index in [0.717, 1.165) is 37.4 Å². The van der Waals surface area contributed by atoms with Crippen molar-refractivity contribution in [3.8, 4) is 0 Å². The molecule has 4 rings (SSSR count). The molecule has 0 atom stereocenters. The van der Waals surface area contributed by atoms with Crippen LogP contribution in [0.15, 0.2) is 42.7 Å². The lowest BCUT2D eigenvalue weighted by molar-refractivity contribution is 0.242. The Hall–Kier alpha value is -2.33. The summed E-state index contributed by atoms with van der Waals surface area (Å²) in [6.45, 7) is 4.83. The molecule has 0 radical (unpaired) electrons. The predicted molar refractivity (Wildman–Crippen MR) is 86.3 cm³/mol. The summed E-state index contributed by atoms with van der Waals surface area (Å²) in [4.78, 5) is 15.9. The van der Waals surface area contributed by atoms with Gasteiger partial charge in [0.25, 0.3) is 0 Å².